The molecule has 1 aromatic heterocycles. The first-order valence-electron chi connectivity index (χ1n) is 6.80. The number of nitrogens with zero attached hydrogens (tertiary/aromatic N) is 3. The minimum atomic E-state index is 0.461. The third-order valence-corrected chi connectivity index (χ3v) is 4.23. The van der Waals surface area contributed by atoms with Gasteiger partial charge in [-0.25, -0.2) is 9.66 Å². The predicted octanol–water partition coefficient (Wildman–Crippen LogP) is 3.17. The molecule has 0 bridgehead atoms. The topological polar surface area (TPSA) is 47.1 Å². The molecule has 102 valence electrons. The zero-order chi connectivity index (χ0) is 13.6. The lowest BCUT2D eigenvalue weighted by molar-refractivity contribution is 0.343. The highest BCUT2D eigenvalue weighted by atomic mass is 35.5. The highest BCUT2D eigenvalue weighted by molar-refractivity contribution is 6.31. The molecular weight excluding hydrogens is 260 g/mol. The quantitative estimate of drug-likeness (QED) is 0.872. The van der Waals surface area contributed by atoms with Crippen LogP contribution in [0.1, 0.15) is 33.1 Å². The minimum Gasteiger partial charge on any atom is -0.368 e. The molecule has 19 heavy (non-hydrogen) atoms. The van der Waals surface area contributed by atoms with E-state index < -0.39 is 0 Å². The number of aromatic nitrogens is 2. The van der Waals surface area contributed by atoms with Crippen LogP contribution in [0.4, 0.5) is 5.95 Å². The maximum absolute atomic E-state index is 6.13. The Kier molecular flexibility index (Phi) is 3.05. The second-order valence-electron chi connectivity index (χ2n) is 5.42. The fraction of sp³-hybridized carbons (Fsp3) is 0.500. The Bertz CT molecular complexity index is 597. The highest BCUT2D eigenvalue weighted by Crippen LogP contribution is 2.28. The van der Waals surface area contributed by atoms with Crippen molar-refractivity contribution in [2.45, 2.75) is 45.2 Å². The van der Waals surface area contributed by atoms with Crippen LogP contribution in [-0.2, 0) is 0 Å². The largest absolute Gasteiger partial charge is 0.368 e. The van der Waals surface area contributed by atoms with Crippen molar-refractivity contribution >= 4 is 28.6 Å². The lowest BCUT2D eigenvalue weighted by Gasteiger charge is -2.41. The first-order valence-corrected chi connectivity index (χ1v) is 7.18. The fourth-order valence-corrected chi connectivity index (χ4v) is 3.27. The van der Waals surface area contributed by atoms with E-state index in [9.17, 15) is 0 Å². The van der Waals surface area contributed by atoms with Gasteiger partial charge in [0.15, 0.2) is 0 Å². The fourth-order valence-electron chi connectivity index (χ4n) is 3.10. The van der Waals surface area contributed by atoms with Gasteiger partial charge in [-0.05, 0) is 51.3 Å². The van der Waals surface area contributed by atoms with Crippen LogP contribution in [0.5, 0.6) is 0 Å². The number of anilines is 1. The summed E-state index contributed by atoms with van der Waals surface area (Å²) in [5, 5.41) is 3.05. The van der Waals surface area contributed by atoms with Gasteiger partial charge in [-0.3, -0.25) is 0 Å². The van der Waals surface area contributed by atoms with Crippen LogP contribution < -0.4 is 10.7 Å². The van der Waals surface area contributed by atoms with Crippen molar-refractivity contribution in [2.75, 3.05) is 10.7 Å². The van der Waals surface area contributed by atoms with Crippen molar-refractivity contribution in [1.82, 2.24) is 9.66 Å². The number of piperidine rings is 1. The van der Waals surface area contributed by atoms with E-state index in [1.54, 1.807) is 0 Å². The van der Waals surface area contributed by atoms with E-state index >= 15 is 0 Å². The molecule has 2 heterocycles. The van der Waals surface area contributed by atoms with E-state index in [1.807, 2.05) is 22.9 Å². The van der Waals surface area contributed by atoms with Crippen LogP contribution in [0.15, 0.2) is 18.2 Å². The average Bonchev–Trinajstić information content (AvgIpc) is 2.66. The molecule has 0 radical (unpaired) electrons. The van der Waals surface area contributed by atoms with Crippen LogP contribution in [-0.4, -0.2) is 21.7 Å². The maximum Gasteiger partial charge on any atom is 0.220 e. The van der Waals surface area contributed by atoms with Crippen molar-refractivity contribution in [2.24, 2.45) is 0 Å². The number of halogens is 1. The number of fused-ring (bicyclic) bond motifs is 1. The molecule has 1 fully saturated rings. The van der Waals surface area contributed by atoms with Gasteiger partial charge in [0.25, 0.3) is 0 Å². The molecule has 4 nitrogen and oxygen atoms in total. The van der Waals surface area contributed by atoms with Crippen molar-refractivity contribution in [3.63, 3.8) is 0 Å². The van der Waals surface area contributed by atoms with Gasteiger partial charge < -0.3 is 10.7 Å². The van der Waals surface area contributed by atoms with E-state index in [4.69, 9.17) is 17.3 Å². The monoisotopic (exact) mass is 278 g/mol. The third kappa shape index (κ3) is 2.04. The summed E-state index contributed by atoms with van der Waals surface area (Å²) < 4.78 is 2.04. The minimum absolute atomic E-state index is 0.461. The Labute approximate surface area is 118 Å². The number of nitrogen functional groups attached to an aromatic ring is 1. The van der Waals surface area contributed by atoms with Gasteiger partial charge in [-0.2, -0.15) is 0 Å². The Hall–Kier alpha value is -1.42. The molecular formula is C14H19ClN4. The molecule has 2 aromatic rings. The molecule has 2 atom stereocenters. The summed E-state index contributed by atoms with van der Waals surface area (Å²) in [6.07, 6.45) is 3.64. The van der Waals surface area contributed by atoms with Crippen molar-refractivity contribution in [3.05, 3.63) is 23.2 Å². The molecule has 0 aliphatic carbocycles. The predicted molar refractivity (Wildman–Crippen MR) is 80.1 cm³/mol. The summed E-state index contributed by atoms with van der Waals surface area (Å²) >= 11 is 6.11. The van der Waals surface area contributed by atoms with E-state index in [0.29, 0.717) is 23.1 Å². The molecule has 0 amide bonds. The number of rotatable bonds is 1. The summed E-state index contributed by atoms with van der Waals surface area (Å²) in [5.41, 5.74) is 8.01. The Morgan fingerprint density at radius 1 is 1.26 bits per heavy atom. The van der Waals surface area contributed by atoms with Gasteiger partial charge in [0, 0.05) is 17.1 Å². The summed E-state index contributed by atoms with van der Waals surface area (Å²) in [5.74, 6) is 0.540. The molecule has 1 saturated heterocycles. The second kappa shape index (κ2) is 4.60. The maximum atomic E-state index is 6.13. The second-order valence-corrected chi connectivity index (χ2v) is 5.86. The normalized spacial score (nSPS) is 24.1. The van der Waals surface area contributed by atoms with Gasteiger partial charge in [-0.1, -0.05) is 11.6 Å². The molecule has 0 spiro atoms. The van der Waals surface area contributed by atoms with Crippen LogP contribution in [0, 0.1) is 0 Å². The van der Waals surface area contributed by atoms with Gasteiger partial charge in [0.05, 0.1) is 11.0 Å². The van der Waals surface area contributed by atoms with Crippen LogP contribution >= 0.6 is 11.6 Å². The molecule has 2 N–H and O–H groups in total. The Morgan fingerprint density at radius 3 is 2.63 bits per heavy atom. The lowest BCUT2D eigenvalue weighted by atomic mass is 10.00. The highest BCUT2D eigenvalue weighted by Gasteiger charge is 2.27. The van der Waals surface area contributed by atoms with Crippen LogP contribution in [0.3, 0.4) is 0 Å². The number of imidazole rings is 1. The van der Waals surface area contributed by atoms with E-state index in [0.717, 1.165) is 11.0 Å². The number of nitrogens with two attached hydrogens (primary N) is 1. The summed E-state index contributed by atoms with van der Waals surface area (Å²) in [7, 11) is 0. The number of hydrogen-bond acceptors (Lipinski definition) is 3. The van der Waals surface area contributed by atoms with Crippen molar-refractivity contribution < 1.29 is 0 Å². The summed E-state index contributed by atoms with van der Waals surface area (Å²) in [6, 6.07) is 6.63. The van der Waals surface area contributed by atoms with Crippen LogP contribution in [0.2, 0.25) is 5.02 Å². The standard InChI is InChI=1S/C14H19ClN4/c1-9-4-3-5-10(2)18(9)19-13-8-11(15)6-7-12(13)17-14(19)16/h6-10H,3-5H2,1-2H3,(H2,16,17). The molecule has 1 aliphatic heterocycles. The van der Waals surface area contributed by atoms with E-state index in [1.165, 1.54) is 19.3 Å². The lowest BCUT2D eigenvalue weighted by Crippen LogP contribution is -2.51. The molecule has 2 unspecified atom stereocenters. The van der Waals surface area contributed by atoms with Gasteiger partial charge in [0.2, 0.25) is 5.95 Å². The van der Waals surface area contributed by atoms with Gasteiger partial charge in [0.1, 0.15) is 0 Å². The third-order valence-electron chi connectivity index (χ3n) is 4.00. The summed E-state index contributed by atoms with van der Waals surface area (Å²) in [6.45, 7) is 4.48. The van der Waals surface area contributed by atoms with Crippen molar-refractivity contribution in [3.8, 4) is 0 Å². The molecule has 3 rings (SSSR count). The zero-order valence-electron chi connectivity index (χ0n) is 11.3. The van der Waals surface area contributed by atoms with Crippen molar-refractivity contribution in [1.29, 1.82) is 0 Å². The molecule has 1 aromatic carbocycles. The van der Waals surface area contributed by atoms with Crippen LogP contribution in [0.25, 0.3) is 11.0 Å². The van der Waals surface area contributed by atoms with Gasteiger partial charge >= 0.3 is 0 Å². The van der Waals surface area contributed by atoms with Gasteiger partial charge in [-0.15, -0.1) is 0 Å². The first kappa shape index (κ1) is 12.6. The number of benzene rings is 1. The molecule has 0 saturated carbocycles. The Morgan fingerprint density at radius 2 is 1.95 bits per heavy atom. The summed E-state index contributed by atoms with van der Waals surface area (Å²) in [4.78, 5) is 4.44. The van der Waals surface area contributed by atoms with E-state index in [-0.39, 0.29) is 0 Å². The smallest absolute Gasteiger partial charge is 0.220 e. The average molecular weight is 279 g/mol. The zero-order valence-corrected chi connectivity index (χ0v) is 12.1. The first-order chi connectivity index (χ1) is 9.08. The SMILES string of the molecule is CC1CCCC(C)N1n1c(N)nc2ccc(Cl)cc21. The Balaban J connectivity index is 2.17. The molecule has 1 aliphatic rings. The molecule has 5 heteroatoms. The van der Waals surface area contributed by atoms with E-state index in [2.05, 4.69) is 23.8 Å². The number of hydrogen-bond donors (Lipinski definition) is 1.